The van der Waals surface area contributed by atoms with Gasteiger partial charge < -0.3 is 10.5 Å². The van der Waals surface area contributed by atoms with E-state index in [1.165, 1.54) is 4.88 Å². The lowest BCUT2D eigenvalue weighted by Crippen LogP contribution is -2.07. The van der Waals surface area contributed by atoms with Gasteiger partial charge in [-0.1, -0.05) is 19.1 Å². The zero-order valence-corrected chi connectivity index (χ0v) is 10.8. The smallest absolute Gasteiger partial charge is 0.129 e. The van der Waals surface area contributed by atoms with Crippen LogP contribution in [0.3, 0.4) is 0 Å². The summed E-state index contributed by atoms with van der Waals surface area (Å²) in [6.07, 6.45) is 1.91. The third kappa shape index (κ3) is 2.48. The Morgan fingerprint density at radius 1 is 1.41 bits per heavy atom. The molecule has 2 N–H and O–H groups in total. The van der Waals surface area contributed by atoms with Gasteiger partial charge in [0.15, 0.2) is 0 Å². The molecule has 1 heterocycles. The molecule has 0 bridgehead atoms. The Bertz CT molecular complexity index is 496. The molecule has 2 aromatic rings. The molecule has 1 aromatic carbocycles. The van der Waals surface area contributed by atoms with E-state index in [1.807, 2.05) is 30.5 Å². The van der Waals surface area contributed by atoms with E-state index < -0.39 is 0 Å². The molecule has 0 amide bonds. The average Bonchev–Trinajstić information content (AvgIpc) is 2.87. The largest absolute Gasteiger partial charge is 0.496 e. The predicted molar refractivity (Wildman–Crippen MR) is 71.6 cm³/mol. The Hall–Kier alpha value is -1.39. The molecule has 90 valence electrons. The van der Waals surface area contributed by atoms with Crippen LogP contribution >= 0.6 is 11.3 Å². The zero-order valence-electron chi connectivity index (χ0n) is 10.0. The van der Waals surface area contributed by atoms with E-state index in [-0.39, 0.29) is 0 Å². The number of para-hydroxylation sites is 1. The van der Waals surface area contributed by atoms with Gasteiger partial charge in [-0.2, -0.15) is 0 Å². The van der Waals surface area contributed by atoms with Crippen molar-refractivity contribution in [3.63, 3.8) is 0 Å². The van der Waals surface area contributed by atoms with E-state index in [2.05, 4.69) is 11.9 Å². The van der Waals surface area contributed by atoms with Crippen molar-refractivity contribution in [2.24, 2.45) is 5.73 Å². The zero-order chi connectivity index (χ0) is 12.3. The maximum atomic E-state index is 5.66. The first-order valence-corrected chi connectivity index (χ1v) is 6.37. The first-order valence-electron chi connectivity index (χ1n) is 5.55. The lowest BCUT2D eigenvalue weighted by Gasteiger charge is -2.05. The summed E-state index contributed by atoms with van der Waals surface area (Å²) in [4.78, 5) is 5.66. The van der Waals surface area contributed by atoms with E-state index in [0.717, 1.165) is 16.3 Å². The first-order chi connectivity index (χ1) is 8.26. The van der Waals surface area contributed by atoms with Gasteiger partial charge in [0.2, 0.25) is 0 Å². The van der Waals surface area contributed by atoms with E-state index >= 15 is 0 Å². The van der Waals surface area contributed by atoms with E-state index in [4.69, 9.17) is 10.5 Å². The topological polar surface area (TPSA) is 48.1 Å². The maximum absolute atomic E-state index is 5.66. The van der Waals surface area contributed by atoms with Gasteiger partial charge in [0.05, 0.1) is 12.7 Å². The molecule has 0 radical (unpaired) electrons. The van der Waals surface area contributed by atoms with Gasteiger partial charge in [-0.25, -0.2) is 4.98 Å². The van der Waals surface area contributed by atoms with Gasteiger partial charge in [-0.05, 0) is 18.7 Å². The van der Waals surface area contributed by atoms with Gasteiger partial charge in [-0.3, -0.25) is 0 Å². The van der Waals surface area contributed by atoms with Crippen molar-refractivity contribution in [2.45, 2.75) is 12.8 Å². The standard InChI is InChI=1S/C13H16N2OS/c1-9(7-14)12-8-15-13(17-12)10-5-3-4-6-11(10)16-2/h3-6,8-9H,7,14H2,1-2H3. The summed E-state index contributed by atoms with van der Waals surface area (Å²) < 4.78 is 5.34. The van der Waals surface area contributed by atoms with Crippen molar-refractivity contribution in [3.05, 3.63) is 35.3 Å². The molecule has 1 atom stereocenters. The van der Waals surface area contributed by atoms with E-state index in [9.17, 15) is 0 Å². The van der Waals surface area contributed by atoms with Crippen LogP contribution in [0.1, 0.15) is 17.7 Å². The van der Waals surface area contributed by atoms with Crippen LogP contribution in [0.25, 0.3) is 10.6 Å². The number of ether oxygens (including phenoxy) is 1. The molecule has 2 rings (SSSR count). The highest BCUT2D eigenvalue weighted by Gasteiger charge is 2.12. The van der Waals surface area contributed by atoms with Crippen LogP contribution in [0, 0.1) is 0 Å². The molecular formula is C13H16N2OS. The molecule has 17 heavy (non-hydrogen) atoms. The molecule has 0 spiro atoms. The van der Waals surface area contributed by atoms with Crippen molar-refractivity contribution in [1.29, 1.82) is 0 Å². The molecule has 0 saturated carbocycles. The SMILES string of the molecule is COc1ccccc1-c1ncc(C(C)CN)s1. The minimum absolute atomic E-state index is 0.357. The van der Waals surface area contributed by atoms with Crippen molar-refractivity contribution >= 4 is 11.3 Å². The van der Waals surface area contributed by atoms with E-state index in [0.29, 0.717) is 12.5 Å². The Kier molecular flexibility index (Phi) is 3.76. The number of nitrogens with zero attached hydrogens (tertiary/aromatic N) is 1. The highest BCUT2D eigenvalue weighted by atomic mass is 32.1. The fourth-order valence-electron chi connectivity index (χ4n) is 1.58. The monoisotopic (exact) mass is 248 g/mol. The van der Waals surface area contributed by atoms with Crippen molar-refractivity contribution in [3.8, 4) is 16.3 Å². The summed E-state index contributed by atoms with van der Waals surface area (Å²) in [7, 11) is 1.68. The van der Waals surface area contributed by atoms with Gasteiger partial charge in [-0.15, -0.1) is 11.3 Å². The minimum atomic E-state index is 0.357. The summed E-state index contributed by atoms with van der Waals surface area (Å²) in [5.41, 5.74) is 6.70. The molecule has 0 saturated heterocycles. The number of hydrogen-bond acceptors (Lipinski definition) is 4. The quantitative estimate of drug-likeness (QED) is 0.905. The highest BCUT2D eigenvalue weighted by molar-refractivity contribution is 7.15. The van der Waals surface area contributed by atoms with Gasteiger partial charge >= 0.3 is 0 Å². The number of aromatic nitrogens is 1. The van der Waals surface area contributed by atoms with Gasteiger partial charge in [0.25, 0.3) is 0 Å². The van der Waals surface area contributed by atoms with Crippen molar-refractivity contribution in [1.82, 2.24) is 4.98 Å². The Morgan fingerprint density at radius 2 is 2.18 bits per heavy atom. The third-order valence-electron chi connectivity index (χ3n) is 2.70. The lowest BCUT2D eigenvalue weighted by molar-refractivity contribution is 0.416. The minimum Gasteiger partial charge on any atom is -0.496 e. The molecular weight excluding hydrogens is 232 g/mol. The number of methoxy groups -OCH3 is 1. The van der Waals surface area contributed by atoms with Crippen molar-refractivity contribution in [2.75, 3.05) is 13.7 Å². The Labute approximate surface area is 105 Å². The normalized spacial score (nSPS) is 12.4. The van der Waals surface area contributed by atoms with Crippen LogP contribution in [-0.4, -0.2) is 18.6 Å². The van der Waals surface area contributed by atoms with Crippen LogP contribution in [-0.2, 0) is 0 Å². The average molecular weight is 248 g/mol. The van der Waals surface area contributed by atoms with Crippen LogP contribution < -0.4 is 10.5 Å². The fourth-order valence-corrected chi connectivity index (χ4v) is 2.59. The molecule has 4 heteroatoms. The summed E-state index contributed by atoms with van der Waals surface area (Å²) >= 11 is 1.68. The molecule has 1 unspecified atom stereocenters. The Morgan fingerprint density at radius 3 is 2.88 bits per heavy atom. The Balaban J connectivity index is 2.37. The summed E-state index contributed by atoms with van der Waals surface area (Å²) in [5, 5.41) is 0.984. The number of nitrogens with two attached hydrogens (primary N) is 1. The number of benzene rings is 1. The lowest BCUT2D eigenvalue weighted by atomic mass is 10.2. The molecule has 0 aliphatic carbocycles. The molecule has 0 aliphatic heterocycles. The third-order valence-corrected chi connectivity index (χ3v) is 3.96. The molecule has 0 aliphatic rings. The second kappa shape index (κ2) is 5.29. The van der Waals surface area contributed by atoms with E-state index in [1.54, 1.807) is 18.4 Å². The van der Waals surface area contributed by atoms with Gasteiger partial charge in [0, 0.05) is 17.0 Å². The summed E-state index contributed by atoms with van der Waals surface area (Å²) in [5.74, 6) is 1.21. The molecule has 0 fully saturated rings. The van der Waals surface area contributed by atoms with Crippen LogP contribution in [0.4, 0.5) is 0 Å². The fraction of sp³-hybridized carbons (Fsp3) is 0.308. The molecule has 3 nitrogen and oxygen atoms in total. The van der Waals surface area contributed by atoms with Crippen LogP contribution in [0.2, 0.25) is 0 Å². The highest BCUT2D eigenvalue weighted by Crippen LogP contribution is 2.34. The molecule has 1 aromatic heterocycles. The second-order valence-corrected chi connectivity index (χ2v) is 4.97. The predicted octanol–water partition coefficient (Wildman–Crippen LogP) is 2.88. The van der Waals surface area contributed by atoms with Crippen LogP contribution in [0.15, 0.2) is 30.5 Å². The number of rotatable bonds is 4. The number of hydrogen-bond donors (Lipinski definition) is 1. The van der Waals surface area contributed by atoms with Crippen molar-refractivity contribution < 1.29 is 4.74 Å². The maximum Gasteiger partial charge on any atom is 0.129 e. The number of thiazole rings is 1. The van der Waals surface area contributed by atoms with Gasteiger partial charge in [0.1, 0.15) is 10.8 Å². The van der Waals surface area contributed by atoms with Crippen LogP contribution in [0.5, 0.6) is 5.75 Å². The summed E-state index contributed by atoms with van der Waals surface area (Å²) in [6, 6.07) is 7.92. The summed E-state index contributed by atoms with van der Waals surface area (Å²) in [6.45, 7) is 2.76. The second-order valence-electron chi connectivity index (χ2n) is 3.90. The first kappa shape index (κ1) is 12.1.